The zero-order valence-electron chi connectivity index (χ0n) is 14.6. The molecule has 0 radical (unpaired) electrons. The fourth-order valence-electron chi connectivity index (χ4n) is 2.59. The summed E-state index contributed by atoms with van der Waals surface area (Å²) in [6.45, 7) is 0.652. The zero-order valence-corrected chi connectivity index (χ0v) is 14.6. The Balaban J connectivity index is 1.66. The smallest absolute Gasteiger partial charge is 0.326 e. The van der Waals surface area contributed by atoms with Crippen molar-refractivity contribution >= 4 is 29.0 Å². The lowest BCUT2D eigenvalue weighted by Crippen LogP contribution is -2.41. The lowest BCUT2D eigenvalue weighted by Gasteiger charge is -2.23. The lowest BCUT2D eigenvalue weighted by molar-refractivity contribution is -0.384. The molecule has 2 N–H and O–H groups in total. The minimum atomic E-state index is -0.496. The molecule has 0 bridgehead atoms. The Bertz CT molecular complexity index is 819. The molecule has 0 unspecified atom stereocenters. The van der Waals surface area contributed by atoms with Crippen LogP contribution >= 0.6 is 0 Å². The quantitative estimate of drug-likeness (QED) is 0.578. The molecule has 8 heteroatoms. The van der Waals surface area contributed by atoms with Gasteiger partial charge in [-0.2, -0.15) is 0 Å². The van der Waals surface area contributed by atoms with Crippen molar-refractivity contribution in [3.8, 4) is 0 Å². The number of nitrogens with zero attached hydrogens (tertiary/aromatic N) is 2. The van der Waals surface area contributed by atoms with E-state index in [1.165, 1.54) is 29.2 Å². The van der Waals surface area contributed by atoms with Gasteiger partial charge in [0, 0.05) is 42.5 Å². The number of urea groups is 1. The van der Waals surface area contributed by atoms with Gasteiger partial charge in [0.25, 0.3) is 5.69 Å². The zero-order chi connectivity index (χ0) is 19.2. The number of hydrogen-bond donors (Lipinski definition) is 2. The van der Waals surface area contributed by atoms with E-state index in [1.54, 1.807) is 12.1 Å². The van der Waals surface area contributed by atoms with Crippen molar-refractivity contribution in [1.82, 2.24) is 5.32 Å². The van der Waals surface area contributed by atoms with Gasteiger partial charge in [0.1, 0.15) is 0 Å². The van der Waals surface area contributed by atoms with Crippen molar-refractivity contribution in [3.63, 3.8) is 0 Å². The van der Waals surface area contributed by atoms with Crippen LogP contribution < -0.4 is 15.5 Å². The first-order valence-corrected chi connectivity index (χ1v) is 8.70. The normalized spacial score (nSPS) is 12.9. The average molecular weight is 368 g/mol. The molecule has 0 aromatic heterocycles. The molecule has 0 saturated heterocycles. The number of rotatable bonds is 7. The van der Waals surface area contributed by atoms with Gasteiger partial charge in [-0.1, -0.05) is 18.2 Å². The van der Waals surface area contributed by atoms with Crippen LogP contribution in [0.4, 0.5) is 21.9 Å². The van der Waals surface area contributed by atoms with Crippen LogP contribution in [0.25, 0.3) is 0 Å². The monoisotopic (exact) mass is 368 g/mol. The van der Waals surface area contributed by atoms with E-state index in [0.29, 0.717) is 24.5 Å². The Morgan fingerprint density at radius 2 is 1.74 bits per heavy atom. The molecule has 0 aliphatic heterocycles. The van der Waals surface area contributed by atoms with Gasteiger partial charge in [0.05, 0.1) is 4.92 Å². The van der Waals surface area contributed by atoms with Crippen molar-refractivity contribution in [2.24, 2.45) is 5.92 Å². The predicted octanol–water partition coefficient (Wildman–Crippen LogP) is 3.16. The molecule has 0 heterocycles. The van der Waals surface area contributed by atoms with Crippen molar-refractivity contribution in [1.29, 1.82) is 0 Å². The molecule has 1 aliphatic rings. The van der Waals surface area contributed by atoms with E-state index < -0.39 is 4.92 Å². The van der Waals surface area contributed by atoms with Crippen LogP contribution in [0.5, 0.6) is 0 Å². The Hall–Kier alpha value is -3.42. The Morgan fingerprint density at radius 3 is 2.33 bits per heavy atom. The average Bonchev–Trinajstić information content (AvgIpc) is 3.51. The first kappa shape index (κ1) is 18.4. The van der Waals surface area contributed by atoms with Gasteiger partial charge in [0.15, 0.2) is 0 Å². The highest BCUT2D eigenvalue weighted by Gasteiger charge is 2.29. The van der Waals surface area contributed by atoms with E-state index >= 15 is 0 Å². The summed E-state index contributed by atoms with van der Waals surface area (Å²) in [7, 11) is 0. The third-order valence-electron chi connectivity index (χ3n) is 4.23. The van der Waals surface area contributed by atoms with Crippen LogP contribution in [0.1, 0.15) is 12.8 Å². The number of anilines is 2. The van der Waals surface area contributed by atoms with Crippen molar-refractivity contribution in [2.45, 2.75) is 12.8 Å². The minimum Gasteiger partial charge on any atom is -0.354 e. The standard InChI is InChI=1S/C19H20N4O4/c24-18(14-6-7-14)20-12-13-22(16-4-2-1-3-5-16)19(25)21-15-8-10-17(11-9-15)23(26)27/h1-5,8-11,14H,6-7,12-13H2,(H,20,24)(H,21,25). The van der Waals surface area contributed by atoms with Gasteiger partial charge in [-0.15, -0.1) is 0 Å². The first-order valence-electron chi connectivity index (χ1n) is 8.70. The second kappa shape index (κ2) is 8.31. The molecule has 0 spiro atoms. The first-order chi connectivity index (χ1) is 13.0. The summed E-state index contributed by atoms with van der Waals surface area (Å²) in [5.74, 6) is 0.142. The molecule has 1 saturated carbocycles. The molecule has 8 nitrogen and oxygen atoms in total. The van der Waals surface area contributed by atoms with Gasteiger partial charge in [-0.3, -0.25) is 19.8 Å². The molecule has 1 aliphatic carbocycles. The number of nitrogens with one attached hydrogen (secondary N) is 2. The number of para-hydroxylation sites is 1. The topological polar surface area (TPSA) is 105 Å². The van der Waals surface area contributed by atoms with Crippen LogP contribution in [0, 0.1) is 16.0 Å². The molecule has 1 fully saturated rings. The van der Waals surface area contributed by atoms with Crippen molar-refractivity contribution < 1.29 is 14.5 Å². The highest BCUT2D eigenvalue weighted by molar-refractivity contribution is 6.01. The van der Waals surface area contributed by atoms with Crippen LogP contribution in [0.15, 0.2) is 54.6 Å². The van der Waals surface area contributed by atoms with E-state index in [-0.39, 0.29) is 23.5 Å². The number of non-ortho nitro benzene ring substituents is 1. The largest absolute Gasteiger partial charge is 0.354 e. The van der Waals surface area contributed by atoms with Crippen LogP contribution in [0.3, 0.4) is 0 Å². The second-order valence-corrected chi connectivity index (χ2v) is 6.29. The second-order valence-electron chi connectivity index (χ2n) is 6.29. The number of hydrogen-bond acceptors (Lipinski definition) is 4. The summed E-state index contributed by atoms with van der Waals surface area (Å²) in [5, 5.41) is 16.3. The van der Waals surface area contributed by atoms with Crippen LogP contribution in [0.2, 0.25) is 0 Å². The fourth-order valence-corrected chi connectivity index (χ4v) is 2.59. The Morgan fingerprint density at radius 1 is 1.07 bits per heavy atom. The molecule has 2 aromatic carbocycles. The third kappa shape index (κ3) is 5.04. The summed E-state index contributed by atoms with van der Waals surface area (Å²) in [6, 6.07) is 14.4. The minimum absolute atomic E-state index is 0.0267. The summed E-state index contributed by atoms with van der Waals surface area (Å²) in [5.41, 5.74) is 1.10. The molecule has 3 rings (SSSR count). The molecule has 3 amide bonds. The molecular weight excluding hydrogens is 348 g/mol. The lowest BCUT2D eigenvalue weighted by atomic mass is 10.2. The molecule has 27 heavy (non-hydrogen) atoms. The highest BCUT2D eigenvalue weighted by atomic mass is 16.6. The molecular formula is C19H20N4O4. The van der Waals surface area contributed by atoms with Crippen LogP contribution in [-0.2, 0) is 4.79 Å². The summed E-state index contributed by atoms with van der Waals surface area (Å²) in [6.07, 6.45) is 1.85. The van der Waals surface area contributed by atoms with E-state index in [4.69, 9.17) is 0 Å². The van der Waals surface area contributed by atoms with E-state index in [1.807, 2.05) is 18.2 Å². The number of benzene rings is 2. The predicted molar refractivity (Wildman–Crippen MR) is 102 cm³/mol. The number of carbonyl (C=O) groups excluding carboxylic acids is 2. The van der Waals surface area contributed by atoms with Gasteiger partial charge >= 0.3 is 6.03 Å². The number of carbonyl (C=O) groups is 2. The summed E-state index contributed by atoms with van der Waals surface area (Å²) < 4.78 is 0. The third-order valence-corrected chi connectivity index (χ3v) is 4.23. The maximum absolute atomic E-state index is 12.7. The van der Waals surface area contributed by atoms with Gasteiger partial charge in [-0.25, -0.2) is 4.79 Å². The molecule has 140 valence electrons. The number of nitro benzene ring substituents is 1. The summed E-state index contributed by atoms with van der Waals surface area (Å²) >= 11 is 0. The highest BCUT2D eigenvalue weighted by Crippen LogP contribution is 2.28. The maximum Gasteiger partial charge on any atom is 0.326 e. The van der Waals surface area contributed by atoms with E-state index in [2.05, 4.69) is 10.6 Å². The van der Waals surface area contributed by atoms with Gasteiger partial charge in [0.2, 0.25) is 5.91 Å². The molecule has 2 aromatic rings. The van der Waals surface area contributed by atoms with Gasteiger partial charge < -0.3 is 10.6 Å². The molecule has 0 atom stereocenters. The van der Waals surface area contributed by atoms with E-state index in [9.17, 15) is 19.7 Å². The van der Waals surface area contributed by atoms with Crippen molar-refractivity contribution in [3.05, 3.63) is 64.7 Å². The maximum atomic E-state index is 12.7. The Labute approximate surface area is 156 Å². The Kier molecular flexibility index (Phi) is 5.65. The fraction of sp³-hybridized carbons (Fsp3) is 0.263. The van der Waals surface area contributed by atoms with Crippen molar-refractivity contribution in [2.75, 3.05) is 23.3 Å². The van der Waals surface area contributed by atoms with E-state index in [0.717, 1.165) is 12.8 Å². The SMILES string of the molecule is O=C(NCCN(C(=O)Nc1ccc([N+](=O)[O-])cc1)c1ccccc1)C1CC1. The van der Waals surface area contributed by atoms with Gasteiger partial charge in [-0.05, 0) is 37.1 Å². The number of amides is 3. The number of nitro groups is 1. The summed E-state index contributed by atoms with van der Waals surface area (Å²) in [4.78, 5) is 36.3. The van der Waals surface area contributed by atoms with Crippen LogP contribution in [-0.4, -0.2) is 30.0 Å².